The van der Waals surface area contributed by atoms with Crippen molar-refractivity contribution in [3.05, 3.63) is 203 Å². The maximum atomic E-state index is 2.72. The monoisotopic (exact) mass is 996 g/mol. The van der Waals surface area contributed by atoms with Crippen molar-refractivity contribution in [1.29, 1.82) is 0 Å². The minimum atomic E-state index is -0.159. The lowest BCUT2D eigenvalue weighted by molar-refractivity contribution is 0.332. The van der Waals surface area contributed by atoms with Gasteiger partial charge in [-0.25, -0.2) is 0 Å². The number of nitrogens with zero attached hydrogens (tertiary/aromatic N) is 3. The second-order valence-corrected chi connectivity index (χ2v) is 27.7. The largest absolute Gasteiger partial charge is 0.311 e. The van der Waals surface area contributed by atoms with Crippen LogP contribution in [0.3, 0.4) is 0 Å². The van der Waals surface area contributed by atoms with Crippen molar-refractivity contribution < 1.29 is 0 Å². The molecule has 0 N–H and O–H groups in total. The number of para-hydroxylation sites is 2. The summed E-state index contributed by atoms with van der Waals surface area (Å²) in [4.78, 5) is 7.87. The van der Waals surface area contributed by atoms with E-state index in [9.17, 15) is 0 Å². The van der Waals surface area contributed by atoms with Crippen LogP contribution >= 0.6 is 0 Å². The van der Waals surface area contributed by atoms with Gasteiger partial charge in [-0.15, -0.1) is 0 Å². The molecule has 2 aliphatic heterocycles. The lowest BCUT2D eigenvalue weighted by Gasteiger charge is -2.48. The smallest absolute Gasteiger partial charge is 0.252 e. The molecule has 12 rings (SSSR count). The van der Waals surface area contributed by atoms with Crippen LogP contribution in [0.5, 0.6) is 0 Å². The summed E-state index contributed by atoms with van der Waals surface area (Å²) in [6.07, 6.45) is 3.40. The SMILES string of the molecule is Cc1cc2c(cc1N1c3ccc(N(c4ccccc4)c4ccccc4)cc3B3c4cc5c(cc4N(c4ccc(C(C)(C)C)cc4-c4ccccc4)c4cc(C(C)(C)C)cc1c43)C(C)(C)CCC5(C)C)C(C)(C)CC2(C)C. The summed E-state index contributed by atoms with van der Waals surface area (Å²) < 4.78 is 0. The van der Waals surface area contributed by atoms with Crippen LogP contribution in [0.15, 0.2) is 164 Å². The van der Waals surface area contributed by atoms with Crippen LogP contribution in [-0.2, 0) is 32.5 Å². The fourth-order valence-corrected chi connectivity index (χ4v) is 14.1. The van der Waals surface area contributed by atoms with Crippen molar-refractivity contribution in [3.8, 4) is 11.1 Å². The van der Waals surface area contributed by atoms with Crippen LogP contribution in [0.2, 0.25) is 0 Å². The summed E-state index contributed by atoms with van der Waals surface area (Å²) in [5.74, 6) is 0. The highest BCUT2D eigenvalue weighted by molar-refractivity contribution is 7.00. The first-order valence-electron chi connectivity index (χ1n) is 28.2. The molecule has 0 aromatic heterocycles. The molecule has 0 saturated carbocycles. The van der Waals surface area contributed by atoms with Gasteiger partial charge in [-0.2, -0.15) is 0 Å². The number of benzene rings is 8. The molecule has 0 spiro atoms. The average Bonchev–Trinajstić information content (AvgIpc) is 3.62. The molecule has 0 unspecified atom stereocenters. The number of anilines is 9. The molecule has 0 amide bonds. The topological polar surface area (TPSA) is 9.72 Å². The van der Waals surface area contributed by atoms with E-state index >= 15 is 0 Å². The fourth-order valence-electron chi connectivity index (χ4n) is 14.1. The van der Waals surface area contributed by atoms with Gasteiger partial charge in [0.1, 0.15) is 0 Å². The number of hydrogen-bond donors (Lipinski definition) is 0. The molecule has 0 bridgehead atoms. The Morgan fingerprint density at radius 1 is 0.408 bits per heavy atom. The summed E-state index contributed by atoms with van der Waals surface area (Å²) in [6, 6.07) is 63.5. The maximum absolute atomic E-state index is 2.72. The molecule has 0 saturated heterocycles. The molecule has 2 aliphatic carbocycles. The van der Waals surface area contributed by atoms with E-state index in [1.165, 1.54) is 101 Å². The molecule has 0 fully saturated rings. The minimum absolute atomic E-state index is 0.00161. The van der Waals surface area contributed by atoms with Crippen molar-refractivity contribution in [2.45, 2.75) is 156 Å². The van der Waals surface area contributed by atoms with Crippen LogP contribution < -0.4 is 31.1 Å². The molecule has 3 nitrogen and oxygen atoms in total. The van der Waals surface area contributed by atoms with E-state index in [-0.39, 0.29) is 39.2 Å². The Bertz CT molecular complexity index is 3570. The number of fused-ring (bicyclic) bond motifs is 6. The Kier molecular flexibility index (Phi) is 11.3. The van der Waals surface area contributed by atoms with Gasteiger partial charge in [0.15, 0.2) is 0 Å². The van der Waals surface area contributed by atoms with E-state index in [0.717, 1.165) is 36.3 Å². The molecule has 76 heavy (non-hydrogen) atoms. The molecular formula is C72H78BN3. The van der Waals surface area contributed by atoms with Gasteiger partial charge < -0.3 is 14.7 Å². The van der Waals surface area contributed by atoms with Crippen LogP contribution in [0.25, 0.3) is 11.1 Å². The second kappa shape index (κ2) is 17.1. The Labute approximate surface area is 456 Å². The highest BCUT2D eigenvalue weighted by atomic mass is 15.2. The van der Waals surface area contributed by atoms with Gasteiger partial charge in [0.25, 0.3) is 6.71 Å². The van der Waals surface area contributed by atoms with E-state index < -0.39 is 0 Å². The summed E-state index contributed by atoms with van der Waals surface area (Å²) in [5, 5.41) is 0. The first-order chi connectivity index (χ1) is 35.8. The average molecular weight is 996 g/mol. The highest BCUT2D eigenvalue weighted by Crippen LogP contribution is 2.56. The lowest BCUT2D eigenvalue weighted by Crippen LogP contribution is -2.62. The zero-order chi connectivity index (χ0) is 53.6. The molecule has 0 radical (unpaired) electrons. The molecule has 4 aliphatic rings. The number of aryl methyl sites for hydroxylation is 1. The standard InChI is InChI=1S/C72H78BN3/c1-46-37-54-57(72(14,15)45-71(54,12)13)43-62(46)76-61-34-32-52(74(50-27-21-17-22-28-50)51-29-23-18-24-30-51)41-58(61)73-59-42-55-56(70(10,11)36-35-69(55,8)9)44-63(59)75(64-39-49(68(5,6)7)40-65(76)66(64)73)60-33-31-48(67(2,3)4)38-53(60)47-25-19-16-20-26-47/h16-34,37-44H,35-36,45H2,1-15H3. The fraction of sp³-hybridized carbons (Fsp3) is 0.333. The van der Waals surface area contributed by atoms with Crippen LogP contribution in [-0.4, -0.2) is 6.71 Å². The van der Waals surface area contributed by atoms with E-state index in [0.29, 0.717) is 0 Å². The van der Waals surface area contributed by atoms with Gasteiger partial charge in [0.2, 0.25) is 0 Å². The van der Waals surface area contributed by atoms with E-state index in [4.69, 9.17) is 0 Å². The van der Waals surface area contributed by atoms with Crippen LogP contribution in [0.4, 0.5) is 51.2 Å². The first kappa shape index (κ1) is 50.1. The Hall–Kier alpha value is -6.78. The van der Waals surface area contributed by atoms with Gasteiger partial charge in [0.05, 0.1) is 5.69 Å². The summed E-state index contributed by atoms with van der Waals surface area (Å²) in [6.45, 7) is 36.3. The molecule has 2 heterocycles. The third kappa shape index (κ3) is 7.98. The predicted octanol–water partition coefficient (Wildman–Crippen LogP) is 18.1. The van der Waals surface area contributed by atoms with E-state index in [1.54, 1.807) is 0 Å². The van der Waals surface area contributed by atoms with E-state index in [1.807, 2.05) is 0 Å². The van der Waals surface area contributed by atoms with Crippen molar-refractivity contribution in [2.24, 2.45) is 0 Å². The normalized spacial score (nSPS) is 17.3. The summed E-state index contributed by atoms with van der Waals surface area (Å²) in [5.41, 5.74) is 27.3. The second-order valence-electron chi connectivity index (χ2n) is 27.7. The van der Waals surface area contributed by atoms with Crippen molar-refractivity contribution >= 4 is 74.3 Å². The maximum Gasteiger partial charge on any atom is 0.252 e. The minimum Gasteiger partial charge on any atom is -0.311 e. The zero-order valence-electron chi connectivity index (χ0n) is 48.1. The van der Waals surface area contributed by atoms with Gasteiger partial charge in [-0.05, 0) is 198 Å². The van der Waals surface area contributed by atoms with Crippen LogP contribution in [0, 0.1) is 6.92 Å². The highest BCUT2D eigenvalue weighted by Gasteiger charge is 2.49. The number of rotatable bonds is 6. The zero-order valence-corrected chi connectivity index (χ0v) is 48.1. The third-order valence-electron chi connectivity index (χ3n) is 18.3. The first-order valence-corrected chi connectivity index (χ1v) is 28.2. The molecule has 4 heteroatoms. The molecule has 0 atom stereocenters. The molecule has 384 valence electrons. The van der Waals surface area contributed by atoms with Gasteiger partial charge in [-0.1, -0.05) is 182 Å². The Morgan fingerprint density at radius 3 is 1.45 bits per heavy atom. The van der Waals surface area contributed by atoms with Crippen molar-refractivity contribution in [1.82, 2.24) is 0 Å². The summed E-state index contributed by atoms with van der Waals surface area (Å²) in [7, 11) is 0. The predicted molar refractivity (Wildman–Crippen MR) is 329 cm³/mol. The Morgan fingerprint density at radius 2 is 0.882 bits per heavy atom. The Balaban J connectivity index is 1.25. The lowest BCUT2D eigenvalue weighted by atomic mass is 9.33. The quantitative estimate of drug-likeness (QED) is 0.154. The van der Waals surface area contributed by atoms with Gasteiger partial charge in [-0.3, -0.25) is 0 Å². The third-order valence-corrected chi connectivity index (χ3v) is 18.3. The van der Waals surface area contributed by atoms with Gasteiger partial charge in [0, 0.05) is 51.1 Å². The van der Waals surface area contributed by atoms with Crippen molar-refractivity contribution in [3.63, 3.8) is 0 Å². The van der Waals surface area contributed by atoms with Crippen LogP contribution in [0.1, 0.15) is 155 Å². The number of hydrogen-bond acceptors (Lipinski definition) is 3. The van der Waals surface area contributed by atoms with Gasteiger partial charge >= 0.3 is 0 Å². The molecule has 8 aromatic rings. The summed E-state index contributed by atoms with van der Waals surface area (Å²) >= 11 is 0. The molecular weight excluding hydrogens is 918 g/mol. The van der Waals surface area contributed by atoms with Crippen molar-refractivity contribution in [2.75, 3.05) is 14.7 Å². The molecule has 8 aromatic carbocycles. The van der Waals surface area contributed by atoms with E-state index in [2.05, 4.69) is 282 Å².